The molecule has 130 valence electrons. The number of nitrogens with two attached hydrogens (primary N) is 2. The summed E-state index contributed by atoms with van der Waals surface area (Å²) in [6.07, 6.45) is 10.2. The molecule has 1 aliphatic heterocycles. The molecule has 0 amide bonds. The summed E-state index contributed by atoms with van der Waals surface area (Å²) in [5.41, 5.74) is 15.1. The molecule has 2 unspecified atom stereocenters. The van der Waals surface area contributed by atoms with Crippen LogP contribution < -0.4 is 16.2 Å². The van der Waals surface area contributed by atoms with Gasteiger partial charge in [-0.05, 0) is 36.1 Å². The predicted octanol–water partition coefficient (Wildman–Crippen LogP) is 2.70. The highest BCUT2D eigenvalue weighted by atomic mass is 16.5. The van der Waals surface area contributed by atoms with Gasteiger partial charge in [-0.2, -0.15) is 0 Å². The van der Waals surface area contributed by atoms with Crippen molar-refractivity contribution in [1.29, 1.82) is 0 Å². The number of nitrogens with zero attached hydrogens (tertiary/aromatic N) is 2. The first-order valence-electron chi connectivity index (χ1n) is 8.53. The topological polar surface area (TPSA) is 86.5 Å². The fourth-order valence-electron chi connectivity index (χ4n) is 2.86. The van der Waals surface area contributed by atoms with E-state index in [1.165, 1.54) is 0 Å². The van der Waals surface area contributed by atoms with Gasteiger partial charge in [0.15, 0.2) is 0 Å². The molecule has 25 heavy (non-hydrogen) atoms. The van der Waals surface area contributed by atoms with Crippen LogP contribution in [0.3, 0.4) is 0 Å². The van der Waals surface area contributed by atoms with Gasteiger partial charge in [-0.15, -0.1) is 0 Å². The van der Waals surface area contributed by atoms with Crippen LogP contribution in [-0.2, 0) is 6.42 Å². The van der Waals surface area contributed by atoms with Gasteiger partial charge in [-0.3, -0.25) is 9.98 Å². The van der Waals surface area contributed by atoms with Crippen molar-refractivity contribution in [3.05, 3.63) is 60.4 Å². The molecule has 4 N–H and O–H groups in total. The zero-order valence-corrected chi connectivity index (χ0v) is 14.4. The number of dihydropyridines is 1. The van der Waals surface area contributed by atoms with E-state index in [-0.39, 0.29) is 0 Å². The van der Waals surface area contributed by atoms with Crippen molar-refractivity contribution in [1.82, 2.24) is 4.98 Å². The number of rotatable bonds is 6. The summed E-state index contributed by atoms with van der Waals surface area (Å²) in [4.78, 5) is 8.50. The molecule has 1 aliphatic rings. The second-order valence-corrected chi connectivity index (χ2v) is 6.35. The van der Waals surface area contributed by atoms with E-state index >= 15 is 0 Å². The normalized spacial score (nSPS) is 22.1. The van der Waals surface area contributed by atoms with E-state index in [1.807, 2.05) is 30.5 Å². The minimum atomic E-state index is -0.669. The van der Waals surface area contributed by atoms with Crippen LogP contribution in [0.1, 0.15) is 18.9 Å². The molecule has 0 saturated heterocycles. The van der Waals surface area contributed by atoms with Crippen LogP contribution in [0.25, 0.3) is 11.1 Å². The Balaban J connectivity index is 1.82. The summed E-state index contributed by atoms with van der Waals surface area (Å²) in [7, 11) is 0. The predicted molar refractivity (Wildman–Crippen MR) is 102 cm³/mol. The molecule has 5 heteroatoms. The fraction of sp³-hybridized carbons (Fsp3) is 0.300. The largest absolute Gasteiger partial charge is 0.492 e. The van der Waals surface area contributed by atoms with Crippen molar-refractivity contribution in [3.8, 4) is 16.9 Å². The SMILES string of the molecule is CCCOc1cncc(-c2cccc(CC3(N)C=CC=NC3N)c2)c1. The van der Waals surface area contributed by atoms with E-state index in [2.05, 4.69) is 35.1 Å². The first kappa shape index (κ1) is 17.3. The van der Waals surface area contributed by atoms with Crippen LogP contribution in [0, 0.1) is 0 Å². The molecular formula is C20H24N4O. The molecule has 3 rings (SSSR count). The minimum Gasteiger partial charge on any atom is -0.492 e. The summed E-state index contributed by atoms with van der Waals surface area (Å²) in [5, 5.41) is 0. The monoisotopic (exact) mass is 336 g/mol. The molecule has 0 spiro atoms. The summed E-state index contributed by atoms with van der Waals surface area (Å²) >= 11 is 0. The van der Waals surface area contributed by atoms with Gasteiger partial charge < -0.3 is 16.2 Å². The fourth-order valence-corrected chi connectivity index (χ4v) is 2.86. The van der Waals surface area contributed by atoms with Gasteiger partial charge in [0.05, 0.1) is 18.3 Å². The third-order valence-electron chi connectivity index (χ3n) is 4.25. The van der Waals surface area contributed by atoms with Crippen LogP contribution in [0.2, 0.25) is 0 Å². The van der Waals surface area contributed by atoms with E-state index in [1.54, 1.807) is 12.4 Å². The molecule has 2 aromatic rings. The van der Waals surface area contributed by atoms with Crippen LogP contribution in [0.15, 0.2) is 59.9 Å². The molecule has 0 aliphatic carbocycles. The molecule has 0 radical (unpaired) electrons. The summed E-state index contributed by atoms with van der Waals surface area (Å²) < 4.78 is 5.68. The van der Waals surface area contributed by atoms with E-state index in [9.17, 15) is 0 Å². The van der Waals surface area contributed by atoms with Crippen LogP contribution >= 0.6 is 0 Å². The zero-order chi connectivity index (χ0) is 17.7. The average Bonchev–Trinajstić information content (AvgIpc) is 2.63. The van der Waals surface area contributed by atoms with Gasteiger partial charge in [0.2, 0.25) is 0 Å². The Labute approximate surface area is 148 Å². The Bertz CT molecular complexity index is 787. The summed E-state index contributed by atoms with van der Waals surface area (Å²) in [5.74, 6) is 0.784. The van der Waals surface area contributed by atoms with Gasteiger partial charge in [0, 0.05) is 18.0 Å². The second kappa shape index (κ2) is 7.59. The Kier molecular flexibility index (Phi) is 5.26. The maximum atomic E-state index is 6.44. The van der Waals surface area contributed by atoms with Crippen molar-refractivity contribution in [2.75, 3.05) is 6.61 Å². The Morgan fingerprint density at radius 2 is 2.08 bits per heavy atom. The van der Waals surface area contributed by atoms with E-state index < -0.39 is 11.7 Å². The minimum absolute atomic E-state index is 0.436. The highest BCUT2D eigenvalue weighted by molar-refractivity contribution is 5.73. The molecule has 2 atom stereocenters. The van der Waals surface area contributed by atoms with E-state index in [4.69, 9.17) is 16.2 Å². The first-order valence-corrected chi connectivity index (χ1v) is 8.53. The third-order valence-corrected chi connectivity index (χ3v) is 4.25. The quantitative estimate of drug-likeness (QED) is 0.849. The highest BCUT2D eigenvalue weighted by Crippen LogP contribution is 2.26. The van der Waals surface area contributed by atoms with Crippen LogP contribution in [-0.4, -0.2) is 29.5 Å². The second-order valence-electron chi connectivity index (χ2n) is 6.35. The summed E-state index contributed by atoms with van der Waals surface area (Å²) in [6, 6.07) is 10.3. The first-order chi connectivity index (χ1) is 12.1. The standard InChI is InChI=1S/C20H24N4O/c1-2-9-25-18-11-17(13-23-14-18)16-6-3-5-15(10-16)12-20(22)7-4-8-24-19(20)21/h3-8,10-11,13-14,19H,2,9,12,21-22H2,1H3. The van der Waals surface area contributed by atoms with Gasteiger partial charge in [-0.25, -0.2) is 0 Å². The number of aromatic nitrogens is 1. The van der Waals surface area contributed by atoms with Crippen LogP contribution in [0.4, 0.5) is 0 Å². The number of allylic oxidation sites excluding steroid dienone is 1. The van der Waals surface area contributed by atoms with Gasteiger partial charge in [0.1, 0.15) is 11.9 Å². The molecule has 5 nitrogen and oxygen atoms in total. The Hall–Kier alpha value is -2.50. The maximum absolute atomic E-state index is 6.44. The number of ether oxygens (including phenoxy) is 1. The number of pyridine rings is 1. The lowest BCUT2D eigenvalue weighted by molar-refractivity contribution is 0.316. The zero-order valence-electron chi connectivity index (χ0n) is 14.4. The van der Waals surface area contributed by atoms with Crippen molar-refractivity contribution < 1.29 is 4.74 Å². The molecule has 1 aromatic carbocycles. The molecule has 2 heterocycles. The third kappa shape index (κ3) is 4.13. The van der Waals surface area contributed by atoms with Crippen molar-refractivity contribution >= 4 is 6.21 Å². The molecule has 0 bridgehead atoms. The smallest absolute Gasteiger partial charge is 0.138 e. The number of hydrogen-bond donors (Lipinski definition) is 2. The van der Waals surface area contributed by atoms with Crippen molar-refractivity contribution in [2.24, 2.45) is 16.5 Å². The van der Waals surface area contributed by atoms with E-state index in [0.717, 1.165) is 28.9 Å². The van der Waals surface area contributed by atoms with Crippen molar-refractivity contribution in [2.45, 2.75) is 31.5 Å². The lowest BCUT2D eigenvalue weighted by Gasteiger charge is -2.31. The molecule has 0 fully saturated rings. The lowest BCUT2D eigenvalue weighted by atomic mass is 9.86. The Morgan fingerprint density at radius 1 is 1.20 bits per heavy atom. The van der Waals surface area contributed by atoms with Crippen LogP contribution in [0.5, 0.6) is 5.75 Å². The van der Waals surface area contributed by atoms with Gasteiger partial charge in [-0.1, -0.05) is 37.3 Å². The molecule has 0 saturated carbocycles. The average molecular weight is 336 g/mol. The highest BCUT2D eigenvalue weighted by Gasteiger charge is 2.31. The van der Waals surface area contributed by atoms with E-state index in [0.29, 0.717) is 13.0 Å². The van der Waals surface area contributed by atoms with Gasteiger partial charge in [0.25, 0.3) is 0 Å². The molecular weight excluding hydrogens is 312 g/mol. The number of hydrogen-bond acceptors (Lipinski definition) is 5. The van der Waals surface area contributed by atoms with Crippen molar-refractivity contribution in [3.63, 3.8) is 0 Å². The maximum Gasteiger partial charge on any atom is 0.138 e. The molecule has 1 aromatic heterocycles. The number of aliphatic imine (C=N–C) groups is 1. The number of benzene rings is 1. The lowest BCUT2D eigenvalue weighted by Crippen LogP contribution is -2.55. The van der Waals surface area contributed by atoms with Gasteiger partial charge >= 0.3 is 0 Å². The summed E-state index contributed by atoms with van der Waals surface area (Å²) in [6.45, 7) is 2.77. The Morgan fingerprint density at radius 3 is 2.88 bits per heavy atom.